The van der Waals surface area contributed by atoms with Crippen LogP contribution in [-0.4, -0.2) is 43.8 Å². The molecule has 5 nitrogen and oxygen atoms in total. The van der Waals surface area contributed by atoms with E-state index in [4.69, 9.17) is 18.9 Å². The lowest BCUT2D eigenvalue weighted by molar-refractivity contribution is -0.188. The van der Waals surface area contributed by atoms with Gasteiger partial charge in [0.15, 0.2) is 11.6 Å². The highest BCUT2D eigenvalue weighted by Gasteiger charge is 2.42. The van der Waals surface area contributed by atoms with Crippen LogP contribution in [0.1, 0.15) is 112 Å². The fraction of sp³-hybridized carbons (Fsp3) is 0.963. The molecule has 186 valence electrons. The van der Waals surface area contributed by atoms with E-state index in [-0.39, 0.29) is 11.6 Å². The van der Waals surface area contributed by atoms with E-state index in [2.05, 4.69) is 34.6 Å². The number of carbonyl (C=O) groups is 1. The van der Waals surface area contributed by atoms with E-state index in [0.29, 0.717) is 16.6 Å². The summed E-state index contributed by atoms with van der Waals surface area (Å²) in [7, 11) is 0. The van der Waals surface area contributed by atoms with Crippen molar-refractivity contribution in [2.75, 3.05) is 26.4 Å². The van der Waals surface area contributed by atoms with Crippen LogP contribution in [0.3, 0.4) is 0 Å². The summed E-state index contributed by atoms with van der Waals surface area (Å²) < 4.78 is 22.5. The molecule has 2 saturated heterocycles. The third kappa shape index (κ3) is 7.78. The Labute approximate surface area is 196 Å². The van der Waals surface area contributed by atoms with Crippen LogP contribution in [0.5, 0.6) is 0 Å². The minimum absolute atomic E-state index is 0.146. The third-order valence-electron chi connectivity index (χ3n) is 8.19. The summed E-state index contributed by atoms with van der Waals surface area (Å²) in [6, 6.07) is 0. The molecule has 3 aliphatic carbocycles. The number of ether oxygens (including phenoxy) is 4. The van der Waals surface area contributed by atoms with Crippen molar-refractivity contribution in [3.05, 3.63) is 0 Å². The Morgan fingerprint density at radius 2 is 0.969 bits per heavy atom. The third-order valence-corrected chi connectivity index (χ3v) is 8.19. The van der Waals surface area contributed by atoms with E-state index in [9.17, 15) is 4.79 Å². The Morgan fingerprint density at radius 1 is 0.594 bits per heavy atom. The molecular weight excluding hydrogens is 404 g/mol. The first-order valence-electron chi connectivity index (χ1n) is 13.1. The second-order valence-corrected chi connectivity index (χ2v) is 12.3. The Balaban J connectivity index is 0.000000137. The minimum atomic E-state index is -0.171. The molecule has 2 heterocycles. The van der Waals surface area contributed by atoms with Gasteiger partial charge in [0.2, 0.25) is 0 Å². The summed E-state index contributed by atoms with van der Waals surface area (Å²) in [5.74, 6) is 1.00. The second-order valence-electron chi connectivity index (χ2n) is 12.3. The van der Waals surface area contributed by atoms with Crippen molar-refractivity contribution in [3.8, 4) is 0 Å². The van der Waals surface area contributed by atoms with E-state index in [0.717, 1.165) is 83.7 Å². The average Bonchev–Trinajstić information content (AvgIpc) is 3.41. The molecule has 32 heavy (non-hydrogen) atoms. The van der Waals surface area contributed by atoms with Crippen molar-refractivity contribution in [2.24, 2.45) is 16.7 Å². The summed E-state index contributed by atoms with van der Waals surface area (Å²) >= 11 is 0. The first-order valence-corrected chi connectivity index (χ1v) is 13.1. The summed E-state index contributed by atoms with van der Waals surface area (Å²) in [5, 5.41) is 0. The fourth-order valence-corrected chi connectivity index (χ4v) is 5.29. The zero-order valence-electron chi connectivity index (χ0n) is 21.4. The van der Waals surface area contributed by atoms with Crippen molar-refractivity contribution < 1.29 is 23.7 Å². The first-order chi connectivity index (χ1) is 15.0. The summed E-state index contributed by atoms with van der Waals surface area (Å²) in [5.41, 5.74) is 0.939. The fourth-order valence-electron chi connectivity index (χ4n) is 5.29. The van der Waals surface area contributed by atoms with Crippen LogP contribution in [0.4, 0.5) is 0 Å². The number of carbonyl (C=O) groups excluding carboxylic acids is 1. The van der Waals surface area contributed by atoms with Gasteiger partial charge in [0.05, 0.1) is 26.4 Å². The molecule has 3 saturated carbocycles. The smallest absolute Gasteiger partial charge is 0.168 e. The molecule has 5 rings (SSSR count). The Kier molecular flexibility index (Phi) is 8.85. The maximum Gasteiger partial charge on any atom is 0.168 e. The molecule has 5 fully saturated rings. The van der Waals surface area contributed by atoms with E-state index < -0.39 is 0 Å². The second kappa shape index (κ2) is 10.8. The molecule has 0 atom stereocenters. The average molecular weight is 453 g/mol. The van der Waals surface area contributed by atoms with Gasteiger partial charge in [0, 0.05) is 38.5 Å². The number of hydrogen-bond donors (Lipinski definition) is 0. The van der Waals surface area contributed by atoms with Crippen LogP contribution in [0.25, 0.3) is 0 Å². The van der Waals surface area contributed by atoms with Crippen molar-refractivity contribution in [2.45, 2.75) is 123 Å². The van der Waals surface area contributed by atoms with Crippen LogP contribution in [0.15, 0.2) is 0 Å². The number of hydrogen-bond acceptors (Lipinski definition) is 5. The van der Waals surface area contributed by atoms with Crippen molar-refractivity contribution in [1.82, 2.24) is 0 Å². The molecule has 0 aromatic carbocycles. The summed E-state index contributed by atoms with van der Waals surface area (Å²) in [6.07, 6.45) is 13.2. The maximum atomic E-state index is 10.8. The van der Waals surface area contributed by atoms with Gasteiger partial charge in [-0.1, -0.05) is 34.6 Å². The van der Waals surface area contributed by atoms with Crippen LogP contribution in [0, 0.1) is 16.7 Å². The van der Waals surface area contributed by atoms with E-state index in [1.165, 1.54) is 25.7 Å². The maximum absolute atomic E-state index is 10.8. The van der Waals surface area contributed by atoms with Crippen molar-refractivity contribution >= 4 is 5.78 Å². The van der Waals surface area contributed by atoms with Crippen LogP contribution in [-0.2, 0) is 23.7 Å². The molecule has 0 amide bonds. The summed E-state index contributed by atoms with van der Waals surface area (Å²) in [6.45, 7) is 14.6. The minimum Gasteiger partial charge on any atom is -0.348 e. The van der Waals surface area contributed by atoms with Gasteiger partial charge >= 0.3 is 0 Å². The lowest BCUT2D eigenvalue weighted by Crippen LogP contribution is -2.37. The number of rotatable bonds is 0. The topological polar surface area (TPSA) is 54.0 Å². The Bertz CT molecular complexity index is 565. The molecular formula is C27H48O5. The molecule has 0 aromatic heterocycles. The lowest BCUT2D eigenvalue weighted by Gasteiger charge is -2.39. The largest absolute Gasteiger partial charge is 0.348 e. The lowest BCUT2D eigenvalue weighted by atomic mass is 9.75. The zero-order valence-corrected chi connectivity index (χ0v) is 21.4. The van der Waals surface area contributed by atoms with Gasteiger partial charge in [-0.15, -0.1) is 0 Å². The predicted molar refractivity (Wildman–Crippen MR) is 126 cm³/mol. The SMILES string of the molecule is CC1(C)CCC(=O)CC1.CC1(C)CCC2(CC1)OCCO2.CC1CCC2(CC1)OCCO2. The quantitative estimate of drug-likeness (QED) is 0.424. The molecule has 5 aliphatic rings. The van der Waals surface area contributed by atoms with Gasteiger partial charge in [-0.05, 0) is 55.3 Å². The van der Waals surface area contributed by atoms with Gasteiger partial charge in [-0.25, -0.2) is 0 Å². The highest BCUT2D eigenvalue weighted by atomic mass is 16.7. The van der Waals surface area contributed by atoms with Gasteiger partial charge in [0.25, 0.3) is 0 Å². The van der Waals surface area contributed by atoms with E-state index in [1.54, 1.807) is 0 Å². The van der Waals surface area contributed by atoms with Gasteiger partial charge in [-0.3, -0.25) is 4.79 Å². The zero-order chi connectivity index (χ0) is 23.3. The molecule has 0 unspecified atom stereocenters. The molecule has 0 radical (unpaired) electrons. The molecule has 0 aromatic rings. The van der Waals surface area contributed by atoms with Crippen LogP contribution >= 0.6 is 0 Å². The van der Waals surface area contributed by atoms with Crippen molar-refractivity contribution in [3.63, 3.8) is 0 Å². The number of ketones is 1. The first kappa shape index (κ1) is 26.1. The Hall–Kier alpha value is -0.490. The van der Waals surface area contributed by atoms with E-state index >= 15 is 0 Å². The summed E-state index contributed by atoms with van der Waals surface area (Å²) in [4.78, 5) is 10.8. The standard InChI is InChI=1S/C10H18O2.C9H16O2.C8H14O/c1-9(2)3-5-10(6-4-9)11-7-8-12-10;1-8-2-4-9(5-3-8)10-6-7-11-9;1-8(2)5-3-7(9)4-6-8/h3-8H2,1-2H3;8H,2-7H2,1H3;3-6H2,1-2H3. The number of Topliss-reactive ketones (excluding diaryl/α,β-unsaturated/α-hetero) is 1. The van der Waals surface area contributed by atoms with E-state index in [1.807, 2.05) is 0 Å². The monoisotopic (exact) mass is 452 g/mol. The highest BCUT2D eigenvalue weighted by molar-refractivity contribution is 5.79. The molecule has 0 N–H and O–H groups in total. The van der Waals surface area contributed by atoms with Crippen LogP contribution < -0.4 is 0 Å². The Morgan fingerprint density at radius 3 is 1.38 bits per heavy atom. The molecule has 2 aliphatic heterocycles. The van der Waals surface area contributed by atoms with Crippen LogP contribution in [0.2, 0.25) is 0 Å². The molecule has 2 spiro atoms. The van der Waals surface area contributed by atoms with Gasteiger partial charge in [-0.2, -0.15) is 0 Å². The van der Waals surface area contributed by atoms with Gasteiger partial charge < -0.3 is 18.9 Å². The highest BCUT2D eigenvalue weighted by Crippen LogP contribution is 2.44. The predicted octanol–water partition coefficient (Wildman–Crippen LogP) is 6.43. The molecule has 5 heteroatoms. The van der Waals surface area contributed by atoms with Gasteiger partial charge in [0.1, 0.15) is 5.78 Å². The van der Waals surface area contributed by atoms with Crippen molar-refractivity contribution in [1.29, 1.82) is 0 Å². The normalized spacial score (nSPS) is 32.0. The molecule has 0 bridgehead atoms.